The average Bonchev–Trinajstić information content (AvgIpc) is 3.41. The second kappa shape index (κ2) is 6.88. The van der Waals surface area contributed by atoms with Gasteiger partial charge in [-0.1, -0.05) is 92.7 Å². The molecule has 34 heavy (non-hydrogen) atoms. The zero-order valence-corrected chi connectivity index (χ0v) is 19.2. The topological polar surface area (TPSA) is 30.7 Å². The molecule has 7 rings (SSSR count). The van der Waals surface area contributed by atoms with Gasteiger partial charge >= 0.3 is 0 Å². The molecule has 0 spiro atoms. The summed E-state index contributed by atoms with van der Waals surface area (Å²) < 4.78 is 2.13. The molecule has 4 aromatic carbocycles. The van der Waals surface area contributed by atoms with Crippen LogP contribution in [-0.2, 0) is 5.41 Å². The van der Waals surface area contributed by atoms with Crippen LogP contribution >= 0.6 is 0 Å². The normalized spacial score (nSPS) is 13.8. The lowest BCUT2D eigenvalue weighted by atomic mass is 9.82. The second-order valence-electron chi connectivity index (χ2n) is 9.53. The molecular weight excluding hydrogens is 414 g/mol. The second-order valence-corrected chi connectivity index (χ2v) is 9.53. The van der Waals surface area contributed by atoms with Gasteiger partial charge in [-0.2, -0.15) is 0 Å². The summed E-state index contributed by atoms with van der Waals surface area (Å²) in [4.78, 5) is 10.1. The zero-order valence-electron chi connectivity index (χ0n) is 19.2. The van der Waals surface area contributed by atoms with Crippen LogP contribution < -0.4 is 0 Å². The van der Waals surface area contributed by atoms with Gasteiger partial charge in [-0.3, -0.25) is 4.57 Å². The molecule has 0 bridgehead atoms. The lowest BCUT2D eigenvalue weighted by molar-refractivity contribution is 0.661. The van der Waals surface area contributed by atoms with Gasteiger partial charge in [0.05, 0.1) is 16.7 Å². The van der Waals surface area contributed by atoms with Gasteiger partial charge in [0.2, 0.25) is 5.95 Å². The Kier molecular flexibility index (Phi) is 3.89. The van der Waals surface area contributed by atoms with Gasteiger partial charge in [0.1, 0.15) is 0 Å². The van der Waals surface area contributed by atoms with Crippen molar-refractivity contribution in [2.24, 2.45) is 0 Å². The van der Waals surface area contributed by atoms with Crippen LogP contribution in [0.25, 0.3) is 50.1 Å². The van der Waals surface area contributed by atoms with Crippen molar-refractivity contribution in [3.05, 3.63) is 114 Å². The molecule has 0 saturated carbocycles. The molecule has 2 heterocycles. The van der Waals surface area contributed by atoms with Crippen LogP contribution in [-0.4, -0.2) is 14.5 Å². The SMILES string of the molecule is CC1(C)c2ccccc2-c2c1ccc1c2ccn1-c1nc(-c2ccccc2)c2ccccc2n1. The van der Waals surface area contributed by atoms with E-state index in [1.807, 2.05) is 18.2 Å². The maximum atomic E-state index is 5.08. The van der Waals surface area contributed by atoms with E-state index in [0.717, 1.165) is 27.7 Å². The third-order valence-electron chi connectivity index (χ3n) is 7.27. The van der Waals surface area contributed by atoms with Crippen molar-refractivity contribution in [3.8, 4) is 28.3 Å². The van der Waals surface area contributed by atoms with Gasteiger partial charge in [0, 0.05) is 27.9 Å². The van der Waals surface area contributed by atoms with Crippen molar-refractivity contribution < 1.29 is 0 Å². The van der Waals surface area contributed by atoms with E-state index in [4.69, 9.17) is 9.97 Å². The molecule has 1 aliphatic rings. The number of para-hydroxylation sites is 1. The molecule has 162 valence electrons. The largest absolute Gasteiger partial charge is 0.285 e. The molecule has 1 aliphatic carbocycles. The van der Waals surface area contributed by atoms with Gasteiger partial charge in [-0.05, 0) is 40.5 Å². The molecule has 3 nitrogen and oxygen atoms in total. The number of hydrogen-bond acceptors (Lipinski definition) is 2. The first-order valence-corrected chi connectivity index (χ1v) is 11.7. The number of aromatic nitrogens is 3. The molecule has 3 heteroatoms. The predicted octanol–water partition coefficient (Wildman–Crippen LogP) is 7.55. The molecule has 0 amide bonds. The number of hydrogen-bond donors (Lipinski definition) is 0. The lowest BCUT2D eigenvalue weighted by Crippen LogP contribution is -2.14. The summed E-state index contributed by atoms with van der Waals surface area (Å²) in [6, 6.07) is 34.1. The third kappa shape index (κ3) is 2.58. The van der Waals surface area contributed by atoms with E-state index in [2.05, 4.69) is 103 Å². The summed E-state index contributed by atoms with van der Waals surface area (Å²) in [6.07, 6.45) is 2.11. The summed E-state index contributed by atoms with van der Waals surface area (Å²) in [6.45, 7) is 4.64. The standard InChI is InChI=1S/C31H23N3/c1-31(2)24-14-8-6-12-21(24)28-23-18-19-34(27(23)17-16-25(28)31)30-32-26-15-9-7-13-22(26)29(33-30)20-10-4-3-5-11-20/h3-19H,1-2H3. The fourth-order valence-corrected chi connectivity index (χ4v) is 5.58. The first-order valence-electron chi connectivity index (χ1n) is 11.7. The van der Waals surface area contributed by atoms with E-state index in [1.165, 1.54) is 27.6 Å². The Morgan fingerprint density at radius 1 is 0.647 bits per heavy atom. The van der Waals surface area contributed by atoms with Gasteiger partial charge in [-0.25, -0.2) is 9.97 Å². The fraction of sp³-hybridized carbons (Fsp3) is 0.0968. The fourth-order valence-electron chi connectivity index (χ4n) is 5.58. The van der Waals surface area contributed by atoms with E-state index in [0.29, 0.717) is 5.95 Å². The average molecular weight is 438 g/mol. The van der Waals surface area contributed by atoms with Crippen LogP contribution in [0.4, 0.5) is 0 Å². The minimum Gasteiger partial charge on any atom is -0.285 e. The molecule has 6 aromatic rings. The Bertz CT molecular complexity index is 1730. The first-order chi connectivity index (χ1) is 16.6. The van der Waals surface area contributed by atoms with E-state index < -0.39 is 0 Å². The van der Waals surface area contributed by atoms with Crippen LogP contribution in [0.2, 0.25) is 0 Å². The van der Waals surface area contributed by atoms with Crippen molar-refractivity contribution in [3.63, 3.8) is 0 Å². The number of benzene rings is 4. The summed E-state index contributed by atoms with van der Waals surface area (Å²) in [5.74, 6) is 0.693. The Morgan fingerprint density at radius 3 is 2.29 bits per heavy atom. The Balaban J connectivity index is 1.50. The van der Waals surface area contributed by atoms with Crippen LogP contribution in [0.5, 0.6) is 0 Å². The number of fused-ring (bicyclic) bond motifs is 6. The highest BCUT2D eigenvalue weighted by molar-refractivity contribution is 6.02. The summed E-state index contributed by atoms with van der Waals surface area (Å²) in [5, 5.41) is 2.30. The van der Waals surface area contributed by atoms with E-state index in [1.54, 1.807) is 0 Å². The Labute approximate surface area is 198 Å². The molecule has 0 fully saturated rings. The highest BCUT2D eigenvalue weighted by Gasteiger charge is 2.36. The van der Waals surface area contributed by atoms with Crippen LogP contribution in [0, 0.1) is 0 Å². The monoisotopic (exact) mass is 437 g/mol. The molecular formula is C31H23N3. The first kappa shape index (κ1) is 19.2. The zero-order chi connectivity index (χ0) is 22.9. The lowest BCUT2D eigenvalue weighted by Gasteiger charge is -2.21. The molecule has 0 saturated heterocycles. The molecule has 0 atom stereocenters. The van der Waals surface area contributed by atoms with Crippen molar-refractivity contribution in [2.45, 2.75) is 19.3 Å². The quantitative estimate of drug-likeness (QED) is 0.280. The molecule has 0 unspecified atom stereocenters. The predicted molar refractivity (Wildman–Crippen MR) is 139 cm³/mol. The molecule has 0 radical (unpaired) electrons. The maximum absolute atomic E-state index is 5.08. The minimum atomic E-state index is -0.0118. The van der Waals surface area contributed by atoms with Gasteiger partial charge < -0.3 is 0 Å². The molecule has 0 N–H and O–H groups in total. The van der Waals surface area contributed by atoms with Gasteiger partial charge in [0.25, 0.3) is 0 Å². The maximum Gasteiger partial charge on any atom is 0.235 e. The number of nitrogens with zero attached hydrogens (tertiary/aromatic N) is 3. The summed E-state index contributed by atoms with van der Waals surface area (Å²) >= 11 is 0. The number of rotatable bonds is 2. The summed E-state index contributed by atoms with van der Waals surface area (Å²) in [7, 11) is 0. The van der Waals surface area contributed by atoms with Gasteiger partial charge in [-0.15, -0.1) is 0 Å². The third-order valence-corrected chi connectivity index (χ3v) is 7.27. The Hall–Kier alpha value is -4.24. The van der Waals surface area contributed by atoms with E-state index in [9.17, 15) is 0 Å². The molecule has 2 aromatic heterocycles. The van der Waals surface area contributed by atoms with Crippen LogP contribution in [0.1, 0.15) is 25.0 Å². The highest BCUT2D eigenvalue weighted by atomic mass is 15.1. The van der Waals surface area contributed by atoms with Crippen LogP contribution in [0.15, 0.2) is 103 Å². The van der Waals surface area contributed by atoms with Crippen molar-refractivity contribution in [1.29, 1.82) is 0 Å². The molecule has 0 aliphatic heterocycles. The Morgan fingerprint density at radius 2 is 1.41 bits per heavy atom. The summed E-state index contributed by atoms with van der Waals surface area (Å²) in [5.41, 5.74) is 9.54. The van der Waals surface area contributed by atoms with E-state index >= 15 is 0 Å². The van der Waals surface area contributed by atoms with E-state index in [-0.39, 0.29) is 5.41 Å². The van der Waals surface area contributed by atoms with Crippen molar-refractivity contribution >= 4 is 21.8 Å². The van der Waals surface area contributed by atoms with Crippen molar-refractivity contribution in [1.82, 2.24) is 14.5 Å². The van der Waals surface area contributed by atoms with Crippen molar-refractivity contribution in [2.75, 3.05) is 0 Å². The minimum absolute atomic E-state index is 0.0118. The van der Waals surface area contributed by atoms with Gasteiger partial charge in [0.15, 0.2) is 0 Å². The highest BCUT2D eigenvalue weighted by Crippen LogP contribution is 2.51. The van der Waals surface area contributed by atoms with Crippen LogP contribution in [0.3, 0.4) is 0 Å². The smallest absolute Gasteiger partial charge is 0.235 e.